The van der Waals surface area contributed by atoms with Crippen molar-refractivity contribution in [3.05, 3.63) is 59.7 Å². The van der Waals surface area contributed by atoms with Crippen molar-refractivity contribution in [3.8, 4) is 11.5 Å². The summed E-state index contributed by atoms with van der Waals surface area (Å²) in [4.78, 5) is 17.3. The molecule has 0 bridgehead atoms. The lowest BCUT2D eigenvalue weighted by Gasteiger charge is -2.47. The van der Waals surface area contributed by atoms with Gasteiger partial charge in [-0.25, -0.2) is 0 Å². The Kier molecular flexibility index (Phi) is 6.05. The van der Waals surface area contributed by atoms with E-state index in [2.05, 4.69) is 21.9 Å². The molecular formula is C24H30N2O3. The minimum absolute atomic E-state index is 0.311. The lowest BCUT2D eigenvalue weighted by molar-refractivity contribution is -0.141. The highest BCUT2D eigenvalue weighted by Gasteiger charge is 2.38. The standard InChI is InChI=1S/C24H30N2O3/c1-29-22-9-4-18(5-10-22)12-15-26-23-13-14-25(17-20(23)6-11-24(26)28)16-19-2-7-21(27)8-3-19/h2-5,7-10,20,23,27H,6,11-17H2,1H3/t20-,23+/m1/s1. The summed E-state index contributed by atoms with van der Waals surface area (Å²) in [6.45, 7) is 3.75. The van der Waals surface area contributed by atoms with Gasteiger partial charge in [0, 0.05) is 38.6 Å². The first-order valence-corrected chi connectivity index (χ1v) is 10.5. The van der Waals surface area contributed by atoms with E-state index < -0.39 is 0 Å². The number of piperidine rings is 2. The zero-order valence-electron chi connectivity index (χ0n) is 17.1. The number of rotatable bonds is 6. The molecule has 2 heterocycles. The van der Waals surface area contributed by atoms with E-state index >= 15 is 0 Å². The second-order valence-corrected chi connectivity index (χ2v) is 8.24. The first-order chi connectivity index (χ1) is 14.1. The van der Waals surface area contributed by atoms with Crippen molar-refractivity contribution >= 4 is 5.91 Å². The molecule has 0 spiro atoms. The number of methoxy groups -OCH3 is 1. The normalized spacial score (nSPS) is 22.4. The Bertz CT molecular complexity index is 819. The SMILES string of the molecule is COc1ccc(CCN2C(=O)CC[C@@H]3CN(Cc4ccc(O)cc4)CC[C@@H]32)cc1. The fraction of sp³-hybridized carbons (Fsp3) is 0.458. The highest BCUT2D eigenvalue weighted by Crippen LogP contribution is 2.32. The Hall–Kier alpha value is -2.53. The van der Waals surface area contributed by atoms with Crippen LogP contribution < -0.4 is 4.74 Å². The first kappa shape index (κ1) is 19.8. The summed E-state index contributed by atoms with van der Waals surface area (Å²) in [7, 11) is 1.68. The minimum atomic E-state index is 0.311. The van der Waals surface area contributed by atoms with Crippen LogP contribution >= 0.6 is 0 Å². The van der Waals surface area contributed by atoms with Gasteiger partial charge in [-0.1, -0.05) is 24.3 Å². The van der Waals surface area contributed by atoms with Crippen LogP contribution in [0, 0.1) is 5.92 Å². The van der Waals surface area contributed by atoms with E-state index in [4.69, 9.17) is 4.74 Å². The number of benzene rings is 2. The third-order valence-electron chi connectivity index (χ3n) is 6.37. The summed E-state index contributed by atoms with van der Waals surface area (Å²) in [6.07, 6.45) is 3.58. The predicted molar refractivity (Wildman–Crippen MR) is 113 cm³/mol. The smallest absolute Gasteiger partial charge is 0.222 e. The number of hydrogen-bond acceptors (Lipinski definition) is 4. The Morgan fingerprint density at radius 3 is 2.48 bits per heavy atom. The van der Waals surface area contributed by atoms with E-state index in [0.717, 1.165) is 51.2 Å². The number of carbonyl (C=O) groups is 1. The Balaban J connectivity index is 1.35. The van der Waals surface area contributed by atoms with Gasteiger partial charge in [0.1, 0.15) is 11.5 Å². The average Bonchev–Trinajstić information content (AvgIpc) is 2.75. The number of phenolic OH excluding ortho intramolecular Hbond substituents is 1. The third kappa shape index (κ3) is 4.73. The number of aromatic hydroxyl groups is 1. The minimum Gasteiger partial charge on any atom is -0.508 e. The van der Waals surface area contributed by atoms with E-state index in [1.807, 2.05) is 24.3 Å². The van der Waals surface area contributed by atoms with Gasteiger partial charge in [-0.05, 0) is 60.6 Å². The number of amides is 1. The molecule has 2 aromatic carbocycles. The number of nitrogens with zero attached hydrogens (tertiary/aromatic N) is 2. The van der Waals surface area contributed by atoms with Crippen molar-refractivity contribution in [2.75, 3.05) is 26.7 Å². The lowest BCUT2D eigenvalue weighted by Crippen LogP contribution is -2.56. The highest BCUT2D eigenvalue weighted by atomic mass is 16.5. The number of fused-ring (bicyclic) bond motifs is 1. The molecule has 0 aromatic heterocycles. The summed E-state index contributed by atoms with van der Waals surface area (Å²) in [6, 6.07) is 16.0. The Labute approximate surface area is 172 Å². The van der Waals surface area contributed by atoms with Gasteiger partial charge >= 0.3 is 0 Å². The van der Waals surface area contributed by atoms with E-state index in [1.54, 1.807) is 19.2 Å². The molecular weight excluding hydrogens is 364 g/mol. The molecule has 1 N–H and O–H groups in total. The molecule has 2 saturated heterocycles. The van der Waals surface area contributed by atoms with Crippen LogP contribution in [0.4, 0.5) is 0 Å². The van der Waals surface area contributed by atoms with Crippen LogP contribution in [0.25, 0.3) is 0 Å². The number of carbonyl (C=O) groups excluding carboxylic acids is 1. The number of likely N-dealkylation sites (tertiary alicyclic amines) is 2. The van der Waals surface area contributed by atoms with Crippen LogP contribution in [0.2, 0.25) is 0 Å². The molecule has 2 aromatic rings. The summed E-state index contributed by atoms with van der Waals surface area (Å²) in [5, 5.41) is 9.47. The maximum atomic E-state index is 12.6. The molecule has 2 atom stereocenters. The summed E-state index contributed by atoms with van der Waals surface area (Å²) in [5.41, 5.74) is 2.47. The van der Waals surface area contributed by atoms with Crippen molar-refractivity contribution in [1.29, 1.82) is 0 Å². The average molecular weight is 395 g/mol. The van der Waals surface area contributed by atoms with Crippen LogP contribution in [0.1, 0.15) is 30.4 Å². The van der Waals surface area contributed by atoms with Crippen molar-refractivity contribution < 1.29 is 14.6 Å². The van der Waals surface area contributed by atoms with E-state index in [-0.39, 0.29) is 0 Å². The monoisotopic (exact) mass is 394 g/mol. The maximum absolute atomic E-state index is 12.6. The number of hydrogen-bond donors (Lipinski definition) is 1. The Morgan fingerprint density at radius 1 is 1.03 bits per heavy atom. The lowest BCUT2D eigenvalue weighted by atomic mass is 9.83. The molecule has 0 radical (unpaired) electrons. The van der Waals surface area contributed by atoms with E-state index in [9.17, 15) is 9.90 Å². The fourth-order valence-corrected chi connectivity index (χ4v) is 4.76. The van der Waals surface area contributed by atoms with Gasteiger partial charge in [-0.2, -0.15) is 0 Å². The zero-order chi connectivity index (χ0) is 20.2. The molecule has 29 heavy (non-hydrogen) atoms. The second kappa shape index (κ2) is 8.87. The maximum Gasteiger partial charge on any atom is 0.222 e. The van der Waals surface area contributed by atoms with Gasteiger partial charge in [-0.3, -0.25) is 9.69 Å². The molecule has 0 saturated carbocycles. The molecule has 2 aliphatic heterocycles. The fourth-order valence-electron chi connectivity index (χ4n) is 4.76. The van der Waals surface area contributed by atoms with Crippen molar-refractivity contribution in [2.24, 2.45) is 5.92 Å². The molecule has 0 unspecified atom stereocenters. The van der Waals surface area contributed by atoms with Crippen LogP contribution in [-0.2, 0) is 17.8 Å². The Morgan fingerprint density at radius 2 is 1.76 bits per heavy atom. The number of phenols is 1. The van der Waals surface area contributed by atoms with Crippen LogP contribution in [0.15, 0.2) is 48.5 Å². The van der Waals surface area contributed by atoms with Gasteiger partial charge < -0.3 is 14.7 Å². The first-order valence-electron chi connectivity index (χ1n) is 10.5. The van der Waals surface area contributed by atoms with Gasteiger partial charge in [0.25, 0.3) is 0 Å². The molecule has 5 heteroatoms. The highest BCUT2D eigenvalue weighted by molar-refractivity contribution is 5.77. The van der Waals surface area contributed by atoms with E-state index in [0.29, 0.717) is 30.0 Å². The molecule has 5 nitrogen and oxygen atoms in total. The zero-order valence-corrected chi connectivity index (χ0v) is 17.1. The van der Waals surface area contributed by atoms with Crippen molar-refractivity contribution in [1.82, 2.24) is 9.80 Å². The third-order valence-corrected chi connectivity index (χ3v) is 6.37. The number of ether oxygens (including phenoxy) is 1. The molecule has 1 amide bonds. The van der Waals surface area contributed by atoms with Gasteiger partial charge in [0.2, 0.25) is 5.91 Å². The molecule has 154 valence electrons. The van der Waals surface area contributed by atoms with Gasteiger partial charge in [0.15, 0.2) is 0 Å². The molecule has 2 fully saturated rings. The van der Waals surface area contributed by atoms with Crippen molar-refractivity contribution in [2.45, 2.75) is 38.3 Å². The topological polar surface area (TPSA) is 53.0 Å². The van der Waals surface area contributed by atoms with Crippen LogP contribution in [0.3, 0.4) is 0 Å². The van der Waals surface area contributed by atoms with Crippen molar-refractivity contribution in [3.63, 3.8) is 0 Å². The molecule has 0 aliphatic carbocycles. The summed E-state index contributed by atoms with van der Waals surface area (Å²) < 4.78 is 5.23. The van der Waals surface area contributed by atoms with Gasteiger partial charge in [0.05, 0.1) is 7.11 Å². The van der Waals surface area contributed by atoms with Crippen LogP contribution in [0.5, 0.6) is 11.5 Å². The van der Waals surface area contributed by atoms with Gasteiger partial charge in [-0.15, -0.1) is 0 Å². The van der Waals surface area contributed by atoms with E-state index in [1.165, 1.54) is 11.1 Å². The summed E-state index contributed by atoms with van der Waals surface area (Å²) >= 11 is 0. The largest absolute Gasteiger partial charge is 0.508 e. The molecule has 2 aliphatic rings. The molecule has 4 rings (SSSR count). The predicted octanol–water partition coefficient (Wildman–Crippen LogP) is 3.46. The summed E-state index contributed by atoms with van der Waals surface area (Å²) in [5.74, 6) is 2.04. The van der Waals surface area contributed by atoms with Crippen LogP contribution in [-0.4, -0.2) is 53.6 Å². The quantitative estimate of drug-likeness (QED) is 0.815. The second-order valence-electron chi connectivity index (χ2n) is 8.24.